The van der Waals surface area contributed by atoms with Crippen molar-refractivity contribution in [2.24, 2.45) is 0 Å². The van der Waals surface area contributed by atoms with Crippen molar-refractivity contribution in [1.82, 2.24) is 5.06 Å². The Bertz CT molecular complexity index is 508. The third-order valence-corrected chi connectivity index (χ3v) is 3.47. The van der Waals surface area contributed by atoms with Crippen LogP contribution in [-0.2, 0) is 19.5 Å². The molecule has 92 valence electrons. The Labute approximate surface area is 100 Å². The third-order valence-electron chi connectivity index (χ3n) is 2.05. The maximum atomic E-state index is 11.7. The molecule has 0 radical (unpaired) electrons. The quantitative estimate of drug-likeness (QED) is 0.594. The molecule has 0 fully saturated rings. The number of hydrogen-bond acceptors (Lipinski definition) is 4. The number of benzene rings is 1. The SMILES string of the molecule is CON(C)C(=O)C=CS(=O)(=O)c1ccccc1. The predicted molar refractivity (Wildman–Crippen MR) is 62.5 cm³/mol. The van der Waals surface area contributed by atoms with Gasteiger partial charge in [-0.2, -0.15) is 0 Å². The van der Waals surface area contributed by atoms with E-state index in [-0.39, 0.29) is 4.90 Å². The zero-order chi connectivity index (χ0) is 12.9. The first-order valence-corrected chi connectivity index (χ1v) is 6.32. The van der Waals surface area contributed by atoms with E-state index in [0.717, 1.165) is 16.5 Å². The number of carbonyl (C=O) groups is 1. The van der Waals surface area contributed by atoms with E-state index in [9.17, 15) is 13.2 Å². The predicted octanol–water partition coefficient (Wildman–Crippen LogP) is 0.994. The van der Waals surface area contributed by atoms with E-state index in [1.54, 1.807) is 18.2 Å². The number of hydroxylamine groups is 2. The maximum Gasteiger partial charge on any atom is 0.270 e. The summed E-state index contributed by atoms with van der Waals surface area (Å²) in [7, 11) is -0.873. The molecule has 6 heteroatoms. The van der Waals surface area contributed by atoms with E-state index >= 15 is 0 Å². The van der Waals surface area contributed by atoms with Crippen molar-refractivity contribution in [3.05, 3.63) is 41.8 Å². The molecule has 0 atom stereocenters. The van der Waals surface area contributed by atoms with E-state index in [1.165, 1.54) is 26.3 Å². The second-order valence-corrected chi connectivity index (χ2v) is 5.01. The van der Waals surface area contributed by atoms with Crippen LogP contribution in [0, 0.1) is 0 Å². The third kappa shape index (κ3) is 3.69. The van der Waals surface area contributed by atoms with Crippen molar-refractivity contribution in [3.63, 3.8) is 0 Å². The Balaban J connectivity index is 2.89. The standard InChI is InChI=1S/C11H13NO4S/c1-12(16-2)11(13)8-9-17(14,15)10-6-4-3-5-7-10/h3-9H,1-2H3. The van der Waals surface area contributed by atoms with E-state index in [4.69, 9.17) is 0 Å². The largest absolute Gasteiger partial charge is 0.274 e. The molecule has 5 nitrogen and oxygen atoms in total. The zero-order valence-corrected chi connectivity index (χ0v) is 10.3. The molecule has 0 saturated carbocycles. The van der Waals surface area contributed by atoms with Gasteiger partial charge in [0.05, 0.1) is 12.0 Å². The number of nitrogens with zero attached hydrogens (tertiary/aromatic N) is 1. The first-order chi connectivity index (χ1) is 7.97. The van der Waals surface area contributed by atoms with Crippen LogP contribution in [0.1, 0.15) is 0 Å². The van der Waals surface area contributed by atoms with Crippen LogP contribution in [-0.4, -0.2) is 33.5 Å². The highest BCUT2D eigenvalue weighted by Gasteiger charge is 2.11. The van der Waals surface area contributed by atoms with Gasteiger partial charge in [-0.25, -0.2) is 13.5 Å². The number of hydrogen-bond donors (Lipinski definition) is 0. The molecule has 0 unspecified atom stereocenters. The first kappa shape index (κ1) is 13.4. The zero-order valence-electron chi connectivity index (χ0n) is 9.53. The van der Waals surface area contributed by atoms with Gasteiger partial charge < -0.3 is 0 Å². The second kappa shape index (κ2) is 5.60. The molecule has 17 heavy (non-hydrogen) atoms. The number of amides is 1. The van der Waals surface area contributed by atoms with Gasteiger partial charge in [0.1, 0.15) is 0 Å². The Hall–Kier alpha value is -1.66. The summed E-state index contributed by atoms with van der Waals surface area (Å²) in [5.74, 6) is -0.549. The summed E-state index contributed by atoms with van der Waals surface area (Å²) in [5, 5.41) is 1.79. The summed E-state index contributed by atoms with van der Waals surface area (Å²) in [6.07, 6.45) is 0.950. The van der Waals surface area contributed by atoms with E-state index < -0.39 is 15.7 Å². The van der Waals surface area contributed by atoms with Crippen LogP contribution in [0.25, 0.3) is 0 Å². The highest BCUT2D eigenvalue weighted by atomic mass is 32.2. The molecule has 1 aromatic carbocycles. The van der Waals surface area contributed by atoms with Gasteiger partial charge in [0.25, 0.3) is 5.91 Å². The monoisotopic (exact) mass is 255 g/mol. The molecule has 1 aromatic rings. The molecule has 0 N–H and O–H groups in total. The van der Waals surface area contributed by atoms with Crippen LogP contribution >= 0.6 is 0 Å². The number of sulfone groups is 1. The molecule has 1 amide bonds. The molecule has 0 spiro atoms. The van der Waals surface area contributed by atoms with Crippen molar-refractivity contribution in [3.8, 4) is 0 Å². The Morgan fingerprint density at radius 3 is 2.41 bits per heavy atom. The van der Waals surface area contributed by atoms with Gasteiger partial charge >= 0.3 is 0 Å². The van der Waals surface area contributed by atoms with Crippen LogP contribution in [0.15, 0.2) is 46.7 Å². The minimum atomic E-state index is -3.58. The van der Waals surface area contributed by atoms with Crippen LogP contribution in [0.4, 0.5) is 0 Å². The van der Waals surface area contributed by atoms with E-state index in [1.807, 2.05) is 0 Å². The summed E-state index contributed by atoms with van der Waals surface area (Å²) in [4.78, 5) is 16.1. The normalized spacial score (nSPS) is 11.6. The molecule has 0 aromatic heterocycles. The van der Waals surface area contributed by atoms with Gasteiger partial charge in [-0.05, 0) is 12.1 Å². The summed E-state index contributed by atoms with van der Waals surface area (Å²) in [5.41, 5.74) is 0. The fourth-order valence-electron chi connectivity index (χ4n) is 1.03. The highest BCUT2D eigenvalue weighted by molar-refractivity contribution is 7.94. The van der Waals surface area contributed by atoms with Gasteiger partial charge in [-0.1, -0.05) is 18.2 Å². The van der Waals surface area contributed by atoms with Crippen molar-refractivity contribution in [1.29, 1.82) is 0 Å². The molecule has 0 aliphatic heterocycles. The Morgan fingerprint density at radius 1 is 1.29 bits per heavy atom. The number of carbonyl (C=O) groups excluding carboxylic acids is 1. The van der Waals surface area contributed by atoms with Gasteiger partial charge in [-0.15, -0.1) is 0 Å². The van der Waals surface area contributed by atoms with Gasteiger partial charge in [-0.3, -0.25) is 9.63 Å². The van der Waals surface area contributed by atoms with Crippen molar-refractivity contribution < 1.29 is 18.0 Å². The van der Waals surface area contributed by atoms with Crippen molar-refractivity contribution in [2.45, 2.75) is 4.90 Å². The van der Waals surface area contributed by atoms with Crippen LogP contribution in [0.3, 0.4) is 0 Å². The average molecular weight is 255 g/mol. The molecular weight excluding hydrogens is 242 g/mol. The Kier molecular flexibility index (Phi) is 4.42. The topological polar surface area (TPSA) is 63.7 Å². The molecular formula is C11H13NO4S. The summed E-state index contributed by atoms with van der Waals surface area (Å²) < 4.78 is 23.5. The molecule has 0 heterocycles. The number of rotatable bonds is 4. The molecule has 1 rings (SSSR count). The lowest BCUT2D eigenvalue weighted by Gasteiger charge is -2.09. The highest BCUT2D eigenvalue weighted by Crippen LogP contribution is 2.11. The lowest BCUT2D eigenvalue weighted by Crippen LogP contribution is -2.23. The van der Waals surface area contributed by atoms with Crippen molar-refractivity contribution >= 4 is 15.7 Å². The lowest BCUT2D eigenvalue weighted by molar-refractivity contribution is -0.162. The first-order valence-electron chi connectivity index (χ1n) is 4.77. The summed E-state index contributed by atoms with van der Waals surface area (Å²) in [6, 6.07) is 7.87. The van der Waals surface area contributed by atoms with Crippen LogP contribution in [0.2, 0.25) is 0 Å². The Morgan fingerprint density at radius 2 is 1.88 bits per heavy atom. The smallest absolute Gasteiger partial charge is 0.270 e. The minimum Gasteiger partial charge on any atom is -0.274 e. The maximum absolute atomic E-state index is 11.7. The molecule has 0 saturated heterocycles. The minimum absolute atomic E-state index is 0.143. The van der Waals surface area contributed by atoms with Crippen LogP contribution in [0.5, 0.6) is 0 Å². The van der Waals surface area contributed by atoms with Gasteiger partial charge in [0, 0.05) is 18.5 Å². The fraction of sp³-hybridized carbons (Fsp3) is 0.182. The molecule has 0 aliphatic rings. The average Bonchev–Trinajstić information content (AvgIpc) is 2.36. The molecule has 0 bridgehead atoms. The fourth-order valence-corrected chi connectivity index (χ4v) is 2.02. The van der Waals surface area contributed by atoms with Crippen LogP contribution < -0.4 is 0 Å². The molecule has 0 aliphatic carbocycles. The lowest BCUT2D eigenvalue weighted by atomic mass is 10.4. The summed E-state index contributed by atoms with van der Waals surface area (Å²) >= 11 is 0. The van der Waals surface area contributed by atoms with Gasteiger partial charge in [0.2, 0.25) is 0 Å². The second-order valence-electron chi connectivity index (χ2n) is 3.18. The van der Waals surface area contributed by atoms with E-state index in [0.29, 0.717) is 0 Å². The summed E-state index contributed by atoms with van der Waals surface area (Å²) in [6.45, 7) is 0. The van der Waals surface area contributed by atoms with E-state index in [2.05, 4.69) is 4.84 Å². The van der Waals surface area contributed by atoms with Gasteiger partial charge in [0.15, 0.2) is 9.84 Å². The number of likely N-dealkylation sites (N-methyl/N-ethyl adjacent to an activating group) is 1. The van der Waals surface area contributed by atoms with Crippen molar-refractivity contribution in [2.75, 3.05) is 14.2 Å².